The predicted molar refractivity (Wildman–Crippen MR) is 62.2 cm³/mol. The van der Waals surface area contributed by atoms with Crippen LogP contribution in [-0.2, 0) is 0 Å². The molecule has 16 heavy (non-hydrogen) atoms. The molecule has 1 N–H and O–H groups in total. The van der Waals surface area contributed by atoms with Gasteiger partial charge in [0.1, 0.15) is 0 Å². The van der Waals surface area contributed by atoms with Crippen LogP contribution in [0.4, 0.5) is 0 Å². The lowest BCUT2D eigenvalue weighted by molar-refractivity contribution is 0.0938. The minimum Gasteiger partial charge on any atom is -0.348 e. The lowest BCUT2D eigenvalue weighted by atomic mass is 10.2. The van der Waals surface area contributed by atoms with Crippen molar-refractivity contribution < 1.29 is 4.79 Å². The third-order valence-corrected chi connectivity index (χ3v) is 3.00. The molecular weight excluding hydrogens is 202 g/mol. The molecule has 1 unspecified atom stereocenters. The Bertz CT molecular complexity index is 353. The van der Waals surface area contributed by atoms with Crippen molar-refractivity contribution in [3.63, 3.8) is 0 Å². The van der Waals surface area contributed by atoms with Crippen LogP contribution >= 0.6 is 0 Å². The van der Waals surface area contributed by atoms with Gasteiger partial charge in [-0.25, -0.2) is 0 Å². The molecule has 1 aliphatic rings. The third-order valence-electron chi connectivity index (χ3n) is 3.00. The summed E-state index contributed by atoms with van der Waals surface area (Å²) in [6.45, 7) is 5.25. The maximum Gasteiger partial charge on any atom is 0.251 e. The van der Waals surface area contributed by atoms with E-state index in [0.717, 1.165) is 26.1 Å². The number of aromatic nitrogens is 1. The summed E-state index contributed by atoms with van der Waals surface area (Å²) < 4.78 is 0. The van der Waals surface area contributed by atoms with Crippen molar-refractivity contribution in [3.05, 3.63) is 30.1 Å². The zero-order chi connectivity index (χ0) is 11.4. The van der Waals surface area contributed by atoms with Gasteiger partial charge in [0.05, 0.1) is 0 Å². The van der Waals surface area contributed by atoms with Gasteiger partial charge in [-0.15, -0.1) is 0 Å². The van der Waals surface area contributed by atoms with Crippen LogP contribution in [0.25, 0.3) is 0 Å². The van der Waals surface area contributed by atoms with Crippen LogP contribution in [0.5, 0.6) is 0 Å². The molecule has 1 amide bonds. The number of nitrogens with zero attached hydrogens (tertiary/aromatic N) is 2. The Morgan fingerprint density at radius 2 is 2.31 bits per heavy atom. The Kier molecular flexibility index (Phi) is 3.51. The molecule has 1 aromatic rings. The number of likely N-dealkylation sites (tertiary alicyclic amines) is 1. The number of likely N-dealkylation sites (N-methyl/N-ethyl adjacent to an activating group) is 1. The van der Waals surface area contributed by atoms with Crippen molar-refractivity contribution in [2.24, 2.45) is 0 Å². The molecule has 0 bridgehead atoms. The first kappa shape index (κ1) is 11.1. The van der Waals surface area contributed by atoms with Gasteiger partial charge in [-0.2, -0.15) is 0 Å². The molecule has 86 valence electrons. The lowest BCUT2D eigenvalue weighted by Crippen LogP contribution is -2.37. The van der Waals surface area contributed by atoms with Gasteiger partial charge in [-0.3, -0.25) is 9.78 Å². The average Bonchev–Trinajstić information content (AvgIpc) is 2.78. The Morgan fingerprint density at radius 3 is 2.94 bits per heavy atom. The van der Waals surface area contributed by atoms with E-state index in [1.807, 2.05) is 0 Å². The molecule has 1 fully saturated rings. The minimum absolute atomic E-state index is 0.00496. The monoisotopic (exact) mass is 219 g/mol. The summed E-state index contributed by atoms with van der Waals surface area (Å²) in [5.41, 5.74) is 0.685. The summed E-state index contributed by atoms with van der Waals surface area (Å²) in [6, 6.07) is 3.77. The zero-order valence-corrected chi connectivity index (χ0v) is 9.52. The second kappa shape index (κ2) is 5.07. The summed E-state index contributed by atoms with van der Waals surface area (Å²) >= 11 is 0. The van der Waals surface area contributed by atoms with E-state index >= 15 is 0 Å². The molecular formula is C12H17N3O. The fraction of sp³-hybridized carbons (Fsp3) is 0.500. The third kappa shape index (κ3) is 2.58. The van der Waals surface area contributed by atoms with Crippen LogP contribution in [0.1, 0.15) is 23.7 Å². The average molecular weight is 219 g/mol. The van der Waals surface area contributed by atoms with Crippen LogP contribution in [0.2, 0.25) is 0 Å². The molecule has 2 rings (SSSR count). The van der Waals surface area contributed by atoms with Crippen LogP contribution in [0, 0.1) is 0 Å². The number of pyridine rings is 1. The molecule has 0 aliphatic carbocycles. The number of rotatable bonds is 3. The smallest absolute Gasteiger partial charge is 0.251 e. The molecule has 1 aromatic heterocycles. The summed E-state index contributed by atoms with van der Waals surface area (Å²) in [5, 5.41) is 3.05. The molecule has 4 heteroatoms. The topological polar surface area (TPSA) is 45.2 Å². The molecule has 1 aliphatic heterocycles. The fourth-order valence-corrected chi connectivity index (χ4v) is 2.01. The van der Waals surface area contributed by atoms with Gasteiger partial charge in [0.25, 0.3) is 5.91 Å². The molecule has 2 heterocycles. The van der Waals surface area contributed by atoms with E-state index < -0.39 is 0 Å². The maximum absolute atomic E-state index is 11.8. The van der Waals surface area contributed by atoms with Gasteiger partial charge in [-0.05, 0) is 25.1 Å². The van der Waals surface area contributed by atoms with Gasteiger partial charge >= 0.3 is 0 Å². The van der Waals surface area contributed by atoms with Gasteiger partial charge in [0, 0.05) is 37.1 Å². The van der Waals surface area contributed by atoms with Crippen LogP contribution < -0.4 is 5.32 Å². The van der Waals surface area contributed by atoms with E-state index in [2.05, 4.69) is 22.1 Å². The van der Waals surface area contributed by atoms with Crippen molar-refractivity contribution >= 4 is 5.91 Å². The second-order valence-electron chi connectivity index (χ2n) is 4.09. The van der Waals surface area contributed by atoms with Crippen LogP contribution in [0.15, 0.2) is 24.5 Å². The van der Waals surface area contributed by atoms with Crippen LogP contribution in [-0.4, -0.2) is 41.5 Å². The van der Waals surface area contributed by atoms with E-state index in [-0.39, 0.29) is 5.91 Å². The largest absolute Gasteiger partial charge is 0.348 e. The van der Waals surface area contributed by atoms with E-state index in [0.29, 0.717) is 11.6 Å². The van der Waals surface area contributed by atoms with E-state index in [1.54, 1.807) is 24.5 Å². The first-order chi connectivity index (χ1) is 7.79. The number of hydrogen-bond acceptors (Lipinski definition) is 3. The highest BCUT2D eigenvalue weighted by molar-refractivity contribution is 5.94. The van der Waals surface area contributed by atoms with Crippen molar-refractivity contribution in [3.8, 4) is 0 Å². The quantitative estimate of drug-likeness (QED) is 0.821. The first-order valence-electron chi connectivity index (χ1n) is 5.73. The first-order valence-corrected chi connectivity index (χ1v) is 5.73. The molecule has 1 atom stereocenters. The molecule has 0 radical (unpaired) electrons. The van der Waals surface area contributed by atoms with Gasteiger partial charge in [-0.1, -0.05) is 6.92 Å². The zero-order valence-electron chi connectivity index (χ0n) is 9.52. The van der Waals surface area contributed by atoms with E-state index in [4.69, 9.17) is 0 Å². The summed E-state index contributed by atoms with van der Waals surface area (Å²) in [4.78, 5) is 18.1. The Balaban J connectivity index is 1.89. The number of amides is 1. The minimum atomic E-state index is 0.00496. The summed E-state index contributed by atoms with van der Waals surface area (Å²) in [7, 11) is 0. The Morgan fingerprint density at radius 1 is 1.56 bits per heavy atom. The highest BCUT2D eigenvalue weighted by atomic mass is 16.1. The standard InChI is InChI=1S/C12H17N3O/c1-2-15-8-5-11(9-15)14-12(16)10-3-6-13-7-4-10/h3-4,6-7,11H,2,5,8-9H2,1H3,(H,14,16). The second-order valence-corrected chi connectivity index (χ2v) is 4.09. The van der Waals surface area contributed by atoms with Gasteiger partial charge in [0.15, 0.2) is 0 Å². The maximum atomic E-state index is 11.8. The Hall–Kier alpha value is -1.42. The molecule has 0 saturated carbocycles. The van der Waals surface area contributed by atoms with Gasteiger partial charge < -0.3 is 10.2 Å². The van der Waals surface area contributed by atoms with Crippen LogP contribution in [0.3, 0.4) is 0 Å². The van der Waals surface area contributed by atoms with E-state index in [9.17, 15) is 4.79 Å². The number of carbonyl (C=O) groups excluding carboxylic acids is 1. The normalized spacial score (nSPS) is 20.9. The SMILES string of the molecule is CCN1CCC(NC(=O)c2ccncc2)C1. The number of carbonyl (C=O) groups is 1. The fourth-order valence-electron chi connectivity index (χ4n) is 2.01. The molecule has 1 saturated heterocycles. The van der Waals surface area contributed by atoms with Crippen molar-refractivity contribution in [2.45, 2.75) is 19.4 Å². The molecule has 4 nitrogen and oxygen atoms in total. The molecule has 0 spiro atoms. The number of hydrogen-bond donors (Lipinski definition) is 1. The molecule has 0 aromatic carbocycles. The van der Waals surface area contributed by atoms with Gasteiger partial charge in [0.2, 0.25) is 0 Å². The summed E-state index contributed by atoms with van der Waals surface area (Å²) in [5.74, 6) is 0.00496. The summed E-state index contributed by atoms with van der Waals surface area (Å²) in [6.07, 6.45) is 4.33. The highest BCUT2D eigenvalue weighted by Gasteiger charge is 2.22. The van der Waals surface area contributed by atoms with E-state index in [1.165, 1.54) is 0 Å². The van der Waals surface area contributed by atoms with Crippen molar-refractivity contribution in [1.29, 1.82) is 0 Å². The number of nitrogens with one attached hydrogen (secondary N) is 1. The van der Waals surface area contributed by atoms with Crippen molar-refractivity contribution in [1.82, 2.24) is 15.2 Å². The predicted octanol–water partition coefficient (Wildman–Crippen LogP) is 0.906. The lowest BCUT2D eigenvalue weighted by Gasteiger charge is -2.14. The highest BCUT2D eigenvalue weighted by Crippen LogP contribution is 2.09. The Labute approximate surface area is 95.7 Å². The van der Waals surface area contributed by atoms with Crippen molar-refractivity contribution in [2.75, 3.05) is 19.6 Å².